The summed E-state index contributed by atoms with van der Waals surface area (Å²) in [6.07, 6.45) is 1.59. The number of ether oxygens (including phenoxy) is 2. The van der Waals surface area contributed by atoms with Crippen molar-refractivity contribution in [2.75, 3.05) is 0 Å². The first-order valence-corrected chi connectivity index (χ1v) is 9.69. The molecule has 0 atom stereocenters. The Bertz CT molecular complexity index is 1190. The molecule has 0 saturated heterocycles. The van der Waals surface area contributed by atoms with E-state index >= 15 is 0 Å². The first kappa shape index (κ1) is 20.1. The fourth-order valence-electron chi connectivity index (χ4n) is 2.83. The Hall–Kier alpha value is -3.15. The molecule has 1 aliphatic heterocycles. The van der Waals surface area contributed by atoms with Crippen LogP contribution in [-0.2, 0) is 16.1 Å². The number of benzene rings is 3. The van der Waals surface area contributed by atoms with Crippen molar-refractivity contribution in [3.8, 4) is 5.75 Å². The lowest BCUT2D eigenvalue weighted by Crippen LogP contribution is -2.05. The van der Waals surface area contributed by atoms with Gasteiger partial charge in [-0.1, -0.05) is 47.5 Å². The third kappa shape index (κ3) is 4.70. The Morgan fingerprint density at radius 2 is 1.87 bits per heavy atom. The van der Waals surface area contributed by atoms with E-state index in [1.54, 1.807) is 60.7 Å². The maximum absolute atomic E-state index is 13.3. The smallest absolute Gasteiger partial charge is 0.363 e. The zero-order valence-electron chi connectivity index (χ0n) is 15.4. The second kappa shape index (κ2) is 8.69. The van der Waals surface area contributed by atoms with Crippen molar-refractivity contribution in [3.05, 3.63) is 105 Å². The van der Waals surface area contributed by atoms with E-state index < -0.39 is 5.97 Å². The van der Waals surface area contributed by atoms with Crippen LogP contribution in [0, 0.1) is 5.82 Å². The minimum absolute atomic E-state index is 0.117. The van der Waals surface area contributed by atoms with E-state index in [1.165, 1.54) is 12.1 Å². The van der Waals surface area contributed by atoms with Crippen LogP contribution in [0.15, 0.2) is 77.4 Å². The Kier molecular flexibility index (Phi) is 5.84. The molecule has 4 nitrogen and oxygen atoms in total. The molecule has 150 valence electrons. The summed E-state index contributed by atoms with van der Waals surface area (Å²) in [5.74, 6) is -0.206. The zero-order chi connectivity index (χ0) is 21.1. The van der Waals surface area contributed by atoms with Crippen LogP contribution >= 0.6 is 23.2 Å². The molecule has 30 heavy (non-hydrogen) atoms. The van der Waals surface area contributed by atoms with Crippen LogP contribution in [-0.4, -0.2) is 11.9 Å². The van der Waals surface area contributed by atoms with Crippen LogP contribution in [0.2, 0.25) is 10.0 Å². The van der Waals surface area contributed by atoms with Crippen LogP contribution in [0.1, 0.15) is 16.7 Å². The van der Waals surface area contributed by atoms with E-state index in [0.717, 1.165) is 0 Å². The molecule has 1 aliphatic rings. The van der Waals surface area contributed by atoms with Gasteiger partial charge in [0.1, 0.15) is 18.2 Å². The molecule has 0 aliphatic carbocycles. The summed E-state index contributed by atoms with van der Waals surface area (Å²) in [4.78, 5) is 16.5. The van der Waals surface area contributed by atoms with Gasteiger partial charge in [0.15, 0.2) is 5.70 Å². The Balaban J connectivity index is 1.53. The van der Waals surface area contributed by atoms with E-state index in [2.05, 4.69) is 4.99 Å². The van der Waals surface area contributed by atoms with Gasteiger partial charge in [0.25, 0.3) is 0 Å². The second-order valence-electron chi connectivity index (χ2n) is 6.45. The van der Waals surface area contributed by atoms with Crippen LogP contribution in [0.3, 0.4) is 0 Å². The first-order valence-electron chi connectivity index (χ1n) is 8.93. The Morgan fingerprint density at radius 3 is 2.67 bits per heavy atom. The number of carbonyl (C=O) groups excluding carboxylic acids is 1. The Labute approximate surface area is 182 Å². The van der Waals surface area contributed by atoms with Gasteiger partial charge in [-0.15, -0.1) is 0 Å². The number of cyclic esters (lactones) is 1. The molecule has 0 saturated carbocycles. The maximum atomic E-state index is 13.3. The molecule has 0 radical (unpaired) electrons. The highest BCUT2D eigenvalue weighted by Gasteiger charge is 2.25. The largest absolute Gasteiger partial charge is 0.489 e. The van der Waals surface area contributed by atoms with Gasteiger partial charge in [-0.25, -0.2) is 14.2 Å². The van der Waals surface area contributed by atoms with Gasteiger partial charge in [-0.05, 0) is 59.7 Å². The molecule has 0 unspecified atom stereocenters. The monoisotopic (exact) mass is 441 g/mol. The third-order valence-electron chi connectivity index (χ3n) is 4.24. The predicted octanol–water partition coefficient (Wildman–Crippen LogP) is 6.06. The molecular formula is C23H14Cl2FNO3. The molecule has 3 aromatic carbocycles. The number of halogens is 3. The molecule has 1 heterocycles. The van der Waals surface area contributed by atoms with Crippen LogP contribution in [0.5, 0.6) is 5.75 Å². The van der Waals surface area contributed by atoms with Crippen molar-refractivity contribution in [2.45, 2.75) is 6.61 Å². The maximum Gasteiger partial charge on any atom is 0.363 e. The van der Waals surface area contributed by atoms with Gasteiger partial charge in [-0.2, -0.15) is 0 Å². The zero-order valence-corrected chi connectivity index (χ0v) is 17.0. The summed E-state index contributed by atoms with van der Waals surface area (Å²) in [6.45, 7) is 0.219. The van der Waals surface area contributed by atoms with E-state index in [4.69, 9.17) is 32.7 Å². The Morgan fingerprint density at radius 1 is 1.03 bits per heavy atom. The lowest BCUT2D eigenvalue weighted by Gasteiger charge is -2.07. The van der Waals surface area contributed by atoms with Gasteiger partial charge in [0.05, 0.1) is 10.6 Å². The average molecular weight is 442 g/mol. The van der Waals surface area contributed by atoms with Crippen molar-refractivity contribution in [1.29, 1.82) is 0 Å². The van der Waals surface area contributed by atoms with Crippen molar-refractivity contribution in [2.24, 2.45) is 4.99 Å². The number of aliphatic imine (C=N–C) groups is 1. The minimum Gasteiger partial charge on any atom is -0.489 e. The number of rotatable bonds is 5. The lowest BCUT2D eigenvalue weighted by atomic mass is 10.2. The SMILES string of the molecule is O=C1OC(c2ccc(Cl)cc2Cl)=N/C1=C\c1cccc(OCc2cccc(F)c2)c1. The van der Waals surface area contributed by atoms with Crippen molar-refractivity contribution >= 4 is 41.1 Å². The van der Waals surface area contributed by atoms with E-state index in [-0.39, 0.29) is 24.0 Å². The highest BCUT2D eigenvalue weighted by atomic mass is 35.5. The highest BCUT2D eigenvalue weighted by Crippen LogP contribution is 2.27. The molecular weight excluding hydrogens is 428 g/mol. The topological polar surface area (TPSA) is 47.9 Å². The van der Waals surface area contributed by atoms with Gasteiger partial charge >= 0.3 is 5.97 Å². The van der Waals surface area contributed by atoms with Gasteiger partial charge in [0.2, 0.25) is 5.90 Å². The van der Waals surface area contributed by atoms with E-state index in [0.29, 0.717) is 32.5 Å². The molecule has 4 rings (SSSR count). The fraction of sp³-hybridized carbons (Fsp3) is 0.0435. The third-order valence-corrected chi connectivity index (χ3v) is 4.79. The molecule has 0 fully saturated rings. The first-order chi connectivity index (χ1) is 14.5. The van der Waals surface area contributed by atoms with Crippen molar-refractivity contribution in [3.63, 3.8) is 0 Å². The van der Waals surface area contributed by atoms with Gasteiger partial charge in [-0.3, -0.25) is 0 Å². The molecule has 0 spiro atoms. The normalized spacial score (nSPS) is 14.6. The summed E-state index contributed by atoms with van der Waals surface area (Å²) in [5.41, 5.74) is 2.03. The molecule has 0 amide bonds. The second-order valence-corrected chi connectivity index (χ2v) is 7.29. The molecule has 3 aromatic rings. The average Bonchev–Trinajstić information content (AvgIpc) is 3.07. The molecule has 7 heteroatoms. The van der Waals surface area contributed by atoms with Crippen molar-refractivity contribution < 1.29 is 18.7 Å². The molecule has 0 bridgehead atoms. The van der Waals surface area contributed by atoms with E-state index in [9.17, 15) is 9.18 Å². The van der Waals surface area contributed by atoms with Crippen molar-refractivity contribution in [1.82, 2.24) is 0 Å². The number of hydrogen-bond donors (Lipinski definition) is 0. The lowest BCUT2D eigenvalue weighted by molar-refractivity contribution is -0.129. The number of carbonyl (C=O) groups is 1. The van der Waals surface area contributed by atoms with Crippen LogP contribution in [0.4, 0.5) is 4.39 Å². The summed E-state index contributed by atoms with van der Waals surface area (Å²) >= 11 is 12.1. The summed E-state index contributed by atoms with van der Waals surface area (Å²) in [7, 11) is 0. The fourth-order valence-corrected chi connectivity index (χ4v) is 3.32. The highest BCUT2D eigenvalue weighted by molar-refractivity contribution is 6.37. The number of hydrogen-bond acceptors (Lipinski definition) is 4. The molecule has 0 aromatic heterocycles. The van der Waals surface area contributed by atoms with Gasteiger partial charge < -0.3 is 9.47 Å². The van der Waals surface area contributed by atoms with Gasteiger partial charge in [0, 0.05) is 5.02 Å². The standard InChI is InChI=1S/C23H14Cl2FNO3/c24-16-7-8-19(20(25)12-16)22-27-21(23(28)30-22)11-14-3-2-6-18(10-14)29-13-15-4-1-5-17(26)9-15/h1-12H,13H2/b21-11-. The molecule has 0 N–H and O–H groups in total. The summed E-state index contributed by atoms with van der Waals surface area (Å²) < 4.78 is 24.3. The minimum atomic E-state index is -0.581. The number of nitrogens with zero attached hydrogens (tertiary/aromatic N) is 1. The van der Waals surface area contributed by atoms with E-state index in [1.807, 2.05) is 0 Å². The number of esters is 1. The quantitative estimate of drug-likeness (QED) is 0.357. The predicted molar refractivity (Wildman–Crippen MR) is 114 cm³/mol. The summed E-state index contributed by atoms with van der Waals surface area (Å²) in [5, 5.41) is 0.808. The van der Waals surface area contributed by atoms with Crippen LogP contribution < -0.4 is 4.74 Å². The summed E-state index contributed by atoms with van der Waals surface area (Å²) in [6, 6.07) is 18.1. The van der Waals surface area contributed by atoms with Crippen LogP contribution in [0.25, 0.3) is 6.08 Å².